The Balaban J connectivity index is 1.58. The number of urea groups is 1. The second-order valence-corrected chi connectivity index (χ2v) is 6.35. The smallest absolute Gasteiger partial charge is 0.321 e. The van der Waals surface area contributed by atoms with Gasteiger partial charge in [0.1, 0.15) is 5.75 Å². The lowest BCUT2D eigenvalue weighted by Crippen LogP contribution is -2.39. The van der Waals surface area contributed by atoms with Crippen molar-refractivity contribution in [3.05, 3.63) is 35.3 Å². The average molecular weight is 346 g/mol. The molecule has 0 saturated carbocycles. The number of benzene rings is 1. The van der Waals surface area contributed by atoms with Crippen LogP contribution in [0.25, 0.3) is 0 Å². The molecule has 24 heavy (non-hydrogen) atoms. The van der Waals surface area contributed by atoms with E-state index in [1.54, 1.807) is 24.1 Å². The number of hydrogen-bond donors (Lipinski definition) is 2. The minimum Gasteiger partial charge on any atom is -0.497 e. The second kappa shape index (κ2) is 6.88. The Bertz CT molecular complexity index is 744. The molecule has 1 fully saturated rings. The molecule has 1 aliphatic heterocycles. The largest absolute Gasteiger partial charge is 0.497 e. The van der Waals surface area contributed by atoms with Crippen molar-refractivity contribution >= 4 is 34.1 Å². The van der Waals surface area contributed by atoms with Gasteiger partial charge in [-0.15, -0.1) is 11.3 Å². The van der Waals surface area contributed by atoms with Crippen LogP contribution < -0.4 is 20.3 Å². The third kappa shape index (κ3) is 3.65. The predicted molar refractivity (Wildman–Crippen MR) is 92.8 cm³/mol. The van der Waals surface area contributed by atoms with Crippen LogP contribution >= 0.6 is 11.3 Å². The SMILES string of the molecule is COc1ccc(N2C[C@@H](NC(=O)Nc3nc(C)cs3)CC2=O)cc1. The van der Waals surface area contributed by atoms with Crippen molar-refractivity contribution in [1.29, 1.82) is 0 Å². The van der Waals surface area contributed by atoms with Gasteiger partial charge in [0.15, 0.2) is 5.13 Å². The maximum absolute atomic E-state index is 12.2. The van der Waals surface area contributed by atoms with Crippen molar-refractivity contribution in [1.82, 2.24) is 10.3 Å². The van der Waals surface area contributed by atoms with Crippen LogP contribution in [-0.2, 0) is 4.79 Å². The van der Waals surface area contributed by atoms with E-state index >= 15 is 0 Å². The number of thiazole rings is 1. The molecule has 1 aliphatic rings. The van der Waals surface area contributed by atoms with Crippen molar-refractivity contribution in [3.63, 3.8) is 0 Å². The lowest BCUT2D eigenvalue weighted by atomic mass is 10.2. The lowest BCUT2D eigenvalue weighted by molar-refractivity contribution is -0.117. The van der Waals surface area contributed by atoms with Gasteiger partial charge < -0.3 is 15.0 Å². The van der Waals surface area contributed by atoms with E-state index in [-0.39, 0.29) is 24.4 Å². The van der Waals surface area contributed by atoms with Crippen molar-refractivity contribution in [2.45, 2.75) is 19.4 Å². The first-order valence-corrected chi connectivity index (χ1v) is 8.37. The molecular formula is C16H18N4O3S. The molecule has 0 spiro atoms. The van der Waals surface area contributed by atoms with Gasteiger partial charge in [0, 0.05) is 24.0 Å². The summed E-state index contributed by atoms with van der Waals surface area (Å²) in [5.41, 5.74) is 1.65. The third-order valence-electron chi connectivity index (χ3n) is 3.68. The summed E-state index contributed by atoms with van der Waals surface area (Å²) in [6.45, 7) is 2.30. The number of anilines is 2. The minimum absolute atomic E-state index is 0.0180. The number of rotatable bonds is 4. The number of carbonyl (C=O) groups excluding carboxylic acids is 2. The fraction of sp³-hybridized carbons (Fsp3) is 0.312. The van der Waals surface area contributed by atoms with Crippen molar-refractivity contribution in [3.8, 4) is 5.75 Å². The van der Waals surface area contributed by atoms with E-state index in [9.17, 15) is 9.59 Å². The standard InChI is InChI=1S/C16H18N4O3S/c1-10-9-24-16(17-10)19-15(22)18-11-7-14(21)20(8-11)12-3-5-13(23-2)6-4-12/h3-6,9,11H,7-8H2,1-2H3,(H2,17,18,19,22)/t11-/m0/s1. The van der Waals surface area contributed by atoms with Crippen LogP contribution in [0.1, 0.15) is 12.1 Å². The van der Waals surface area contributed by atoms with E-state index < -0.39 is 0 Å². The Morgan fingerprint density at radius 3 is 2.75 bits per heavy atom. The Kier molecular flexibility index (Phi) is 4.66. The molecule has 1 aromatic heterocycles. The maximum Gasteiger partial charge on any atom is 0.321 e. The van der Waals surface area contributed by atoms with Gasteiger partial charge in [-0.05, 0) is 31.2 Å². The van der Waals surface area contributed by atoms with Crippen molar-refractivity contribution in [2.75, 3.05) is 23.9 Å². The maximum atomic E-state index is 12.2. The van der Waals surface area contributed by atoms with E-state index in [0.717, 1.165) is 17.1 Å². The van der Waals surface area contributed by atoms with Crippen LogP contribution in [0.15, 0.2) is 29.6 Å². The summed E-state index contributed by atoms with van der Waals surface area (Å²) in [7, 11) is 1.60. The second-order valence-electron chi connectivity index (χ2n) is 5.50. The van der Waals surface area contributed by atoms with Gasteiger partial charge in [-0.1, -0.05) is 0 Å². The fourth-order valence-electron chi connectivity index (χ4n) is 2.55. The number of aryl methyl sites for hydroxylation is 1. The fourth-order valence-corrected chi connectivity index (χ4v) is 3.23. The Labute approximate surface area is 143 Å². The summed E-state index contributed by atoms with van der Waals surface area (Å²) in [6, 6.07) is 6.69. The molecule has 0 bridgehead atoms. The Morgan fingerprint density at radius 2 is 2.12 bits per heavy atom. The number of methoxy groups -OCH3 is 1. The molecule has 3 amide bonds. The number of nitrogens with one attached hydrogen (secondary N) is 2. The van der Waals surface area contributed by atoms with Crippen LogP contribution in [-0.4, -0.2) is 36.6 Å². The molecule has 2 heterocycles. The highest BCUT2D eigenvalue weighted by Gasteiger charge is 2.31. The molecule has 1 saturated heterocycles. The molecule has 0 aliphatic carbocycles. The normalized spacial score (nSPS) is 17.0. The van der Waals surface area contributed by atoms with Gasteiger partial charge in [-0.2, -0.15) is 0 Å². The van der Waals surface area contributed by atoms with E-state index in [1.807, 2.05) is 24.4 Å². The minimum atomic E-state index is -0.348. The third-order valence-corrected chi connectivity index (χ3v) is 4.56. The van der Waals surface area contributed by atoms with E-state index in [1.165, 1.54) is 11.3 Å². The molecule has 1 aromatic carbocycles. The molecule has 7 nitrogen and oxygen atoms in total. The summed E-state index contributed by atoms with van der Waals surface area (Å²) < 4.78 is 5.12. The lowest BCUT2D eigenvalue weighted by Gasteiger charge is -2.17. The monoisotopic (exact) mass is 346 g/mol. The van der Waals surface area contributed by atoms with Crippen molar-refractivity contribution in [2.24, 2.45) is 0 Å². The van der Waals surface area contributed by atoms with Crippen LogP contribution in [0.5, 0.6) is 5.75 Å². The zero-order chi connectivity index (χ0) is 17.1. The molecular weight excluding hydrogens is 328 g/mol. The molecule has 0 unspecified atom stereocenters. The topological polar surface area (TPSA) is 83.6 Å². The highest BCUT2D eigenvalue weighted by atomic mass is 32.1. The Morgan fingerprint density at radius 1 is 1.38 bits per heavy atom. The van der Waals surface area contributed by atoms with Gasteiger partial charge in [-0.25, -0.2) is 9.78 Å². The number of amides is 3. The molecule has 1 atom stereocenters. The van der Waals surface area contributed by atoms with Gasteiger partial charge in [0.25, 0.3) is 0 Å². The average Bonchev–Trinajstić information content (AvgIpc) is 3.13. The zero-order valence-corrected chi connectivity index (χ0v) is 14.2. The van der Waals surface area contributed by atoms with E-state index in [0.29, 0.717) is 11.7 Å². The van der Waals surface area contributed by atoms with Gasteiger partial charge in [0.05, 0.1) is 18.8 Å². The summed E-state index contributed by atoms with van der Waals surface area (Å²) >= 11 is 1.36. The quantitative estimate of drug-likeness (QED) is 0.890. The van der Waals surface area contributed by atoms with Gasteiger partial charge in [0.2, 0.25) is 5.91 Å². The summed E-state index contributed by atoms with van der Waals surface area (Å²) in [5, 5.41) is 7.91. The van der Waals surface area contributed by atoms with Crippen LogP contribution in [0.2, 0.25) is 0 Å². The first-order valence-electron chi connectivity index (χ1n) is 7.49. The summed E-state index contributed by atoms with van der Waals surface area (Å²) in [6.07, 6.45) is 0.274. The van der Waals surface area contributed by atoms with Gasteiger partial charge >= 0.3 is 6.03 Å². The molecule has 0 radical (unpaired) electrons. The zero-order valence-electron chi connectivity index (χ0n) is 13.4. The van der Waals surface area contributed by atoms with Gasteiger partial charge in [-0.3, -0.25) is 10.1 Å². The molecule has 3 rings (SSSR count). The highest BCUT2D eigenvalue weighted by Crippen LogP contribution is 2.24. The number of aromatic nitrogens is 1. The summed E-state index contributed by atoms with van der Waals surface area (Å²) in [5.74, 6) is 0.716. The first-order chi connectivity index (χ1) is 11.5. The highest BCUT2D eigenvalue weighted by molar-refractivity contribution is 7.13. The van der Waals surface area contributed by atoms with E-state index in [2.05, 4.69) is 15.6 Å². The number of hydrogen-bond acceptors (Lipinski definition) is 5. The Hall–Kier alpha value is -2.61. The number of nitrogens with zero attached hydrogens (tertiary/aromatic N) is 2. The molecule has 2 aromatic rings. The predicted octanol–water partition coefficient (Wildman–Crippen LogP) is 2.39. The van der Waals surface area contributed by atoms with Crippen LogP contribution in [0.3, 0.4) is 0 Å². The van der Waals surface area contributed by atoms with Crippen molar-refractivity contribution < 1.29 is 14.3 Å². The van der Waals surface area contributed by atoms with Crippen LogP contribution in [0.4, 0.5) is 15.6 Å². The van der Waals surface area contributed by atoms with Crippen LogP contribution in [0, 0.1) is 6.92 Å². The van der Waals surface area contributed by atoms with E-state index in [4.69, 9.17) is 4.74 Å². The molecule has 126 valence electrons. The number of ether oxygens (including phenoxy) is 1. The number of carbonyl (C=O) groups is 2. The first kappa shape index (κ1) is 16.3. The summed E-state index contributed by atoms with van der Waals surface area (Å²) in [4.78, 5) is 30.0. The molecule has 8 heteroatoms. The molecule has 2 N–H and O–H groups in total.